The predicted octanol–water partition coefficient (Wildman–Crippen LogP) is 1.63. The minimum Gasteiger partial charge on any atom is -0.449 e. The molecule has 1 unspecified atom stereocenters. The van der Waals surface area contributed by atoms with E-state index in [2.05, 4.69) is 4.74 Å². The van der Waals surface area contributed by atoms with E-state index in [0.717, 1.165) is 6.42 Å². The maximum Gasteiger partial charge on any atom is 0.404 e. The average molecular weight is 193 g/mol. The molecule has 1 aliphatic heterocycles. The molecule has 3 nitrogen and oxygen atoms in total. The molecule has 0 aromatic rings. The van der Waals surface area contributed by atoms with E-state index in [1.807, 2.05) is 10.8 Å². The SMILES string of the molecule is NC(=O)OCC1CCCSS1. The number of carbonyl (C=O) groups excluding carboxylic acids is 1. The molecule has 0 bridgehead atoms. The van der Waals surface area contributed by atoms with E-state index >= 15 is 0 Å². The highest BCUT2D eigenvalue weighted by Crippen LogP contribution is 2.35. The molecule has 0 saturated carbocycles. The van der Waals surface area contributed by atoms with Crippen molar-refractivity contribution in [1.82, 2.24) is 0 Å². The summed E-state index contributed by atoms with van der Waals surface area (Å²) in [6.45, 7) is 0.465. The van der Waals surface area contributed by atoms with Crippen LogP contribution >= 0.6 is 21.6 Å². The smallest absolute Gasteiger partial charge is 0.404 e. The number of nitrogens with two attached hydrogens (primary N) is 1. The van der Waals surface area contributed by atoms with Crippen LogP contribution in [0.2, 0.25) is 0 Å². The molecular formula is C6H11NO2S2. The molecule has 5 heteroatoms. The first-order chi connectivity index (χ1) is 5.29. The van der Waals surface area contributed by atoms with Crippen LogP contribution in [0.1, 0.15) is 12.8 Å². The maximum atomic E-state index is 10.2. The van der Waals surface area contributed by atoms with Gasteiger partial charge in [0.1, 0.15) is 6.61 Å². The molecule has 1 saturated heterocycles. The first-order valence-electron chi connectivity index (χ1n) is 3.49. The van der Waals surface area contributed by atoms with Gasteiger partial charge in [-0.25, -0.2) is 4.79 Å². The number of primary amides is 1. The molecule has 0 aromatic heterocycles. The second-order valence-corrected chi connectivity index (χ2v) is 5.10. The number of hydrogen-bond donors (Lipinski definition) is 1. The van der Waals surface area contributed by atoms with Gasteiger partial charge < -0.3 is 10.5 Å². The highest BCUT2D eigenvalue weighted by atomic mass is 33.1. The molecule has 1 heterocycles. The summed E-state index contributed by atoms with van der Waals surface area (Å²) in [6, 6.07) is 0. The summed E-state index contributed by atoms with van der Waals surface area (Å²) in [5, 5.41) is 0.446. The number of rotatable bonds is 2. The molecule has 1 aliphatic rings. The quantitative estimate of drug-likeness (QED) is 0.677. The van der Waals surface area contributed by atoms with Crippen LogP contribution in [-0.4, -0.2) is 23.7 Å². The zero-order valence-electron chi connectivity index (χ0n) is 6.12. The van der Waals surface area contributed by atoms with Gasteiger partial charge in [0.15, 0.2) is 0 Å². The van der Waals surface area contributed by atoms with Gasteiger partial charge in [0, 0.05) is 11.0 Å². The Kier molecular flexibility index (Phi) is 3.93. The largest absolute Gasteiger partial charge is 0.449 e. The highest BCUT2D eigenvalue weighted by molar-refractivity contribution is 8.77. The van der Waals surface area contributed by atoms with Gasteiger partial charge in [-0.3, -0.25) is 0 Å². The summed E-state index contributed by atoms with van der Waals surface area (Å²) in [7, 11) is 3.63. The van der Waals surface area contributed by atoms with Crippen LogP contribution in [0.3, 0.4) is 0 Å². The standard InChI is InChI=1S/C6H11NO2S2/c7-6(8)9-4-5-2-1-3-10-11-5/h5H,1-4H2,(H2,7,8). The Morgan fingerprint density at radius 3 is 3.09 bits per heavy atom. The molecule has 0 aliphatic carbocycles. The van der Waals surface area contributed by atoms with Crippen molar-refractivity contribution in [3.8, 4) is 0 Å². The molecule has 1 fully saturated rings. The second-order valence-electron chi connectivity index (χ2n) is 2.31. The second kappa shape index (κ2) is 4.77. The van der Waals surface area contributed by atoms with Gasteiger partial charge >= 0.3 is 6.09 Å². The van der Waals surface area contributed by atoms with E-state index < -0.39 is 6.09 Å². The lowest BCUT2D eigenvalue weighted by atomic mass is 10.2. The lowest BCUT2D eigenvalue weighted by Gasteiger charge is -2.19. The van der Waals surface area contributed by atoms with Crippen molar-refractivity contribution in [3.63, 3.8) is 0 Å². The van der Waals surface area contributed by atoms with E-state index in [1.54, 1.807) is 10.8 Å². The van der Waals surface area contributed by atoms with E-state index in [1.165, 1.54) is 12.2 Å². The molecule has 64 valence electrons. The fourth-order valence-electron chi connectivity index (χ4n) is 0.849. The molecular weight excluding hydrogens is 182 g/mol. The fourth-order valence-corrected chi connectivity index (χ4v) is 3.48. The first-order valence-corrected chi connectivity index (χ1v) is 5.88. The summed E-state index contributed by atoms with van der Waals surface area (Å²) >= 11 is 0. The van der Waals surface area contributed by atoms with Gasteiger partial charge in [-0.1, -0.05) is 21.6 Å². The monoisotopic (exact) mass is 193 g/mol. The van der Waals surface area contributed by atoms with Crippen molar-refractivity contribution in [2.75, 3.05) is 12.4 Å². The van der Waals surface area contributed by atoms with Crippen LogP contribution in [0.4, 0.5) is 4.79 Å². The number of ether oxygens (including phenoxy) is 1. The molecule has 1 amide bonds. The minimum absolute atomic E-state index is 0.446. The summed E-state index contributed by atoms with van der Waals surface area (Å²) < 4.78 is 4.69. The molecule has 1 atom stereocenters. The Morgan fingerprint density at radius 1 is 1.73 bits per heavy atom. The molecule has 2 N–H and O–H groups in total. The number of amides is 1. The third-order valence-corrected chi connectivity index (χ3v) is 4.33. The van der Waals surface area contributed by atoms with Crippen LogP contribution in [-0.2, 0) is 4.74 Å². The maximum absolute atomic E-state index is 10.2. The molecule has 0 spiro atoms. The zero-order chi connectivity index (χ0) is 8.10. The summed E-state index contributed by atoms with van der Waals surface area (Å²) in [5.41, 5.74) is 4.83. The van der Waals surface area contributed by atoms with E-state index in [4.69, 9.17) is 5.73 Å². The Hall–Kier alpha value is -0.0300. The zero-order valence-corrected chi connectivity index (χ0v) is 7.75. The van der Waals surface area contributed by atoms with Crippen LogP contribution in [0.25, 0.3) is 0 Å². The summed E-state index contributed by atoms with van der Waals surface area (Å²) in [5.74, 6) is 1.21. The van der Waals surface area contributed by atoms with E-state index in [0.29, 0.717) is 11.9 Å². The van der Waals surface area contributed by atoms with Crippen molar-refractivity contribution in [1.29, 1.82) is 0 Å². The third-order valence-electron chi connectivity index (χ3n) is 1.37. The van der Waals surface area contributed by atoms with Gasteiger partial charge in [-0.2, -0.15) is 0 Å². The van der Waals surface area contributed by atoms with Gasteiger partial charge in [-0.05, 0) is 12.8 Å². The molecule has 0 radical (unpaired) electrons. The van der Waals surface area contributed by atoms with Crippen LogP contribution in [0, 0.1) is 0 Å². The topological polar surface area (TPSA) is 52.3 Å². The number of carbonyl (C=O) groups is 1. The average Bonchev–Trinajstić information content (AvgIpc) is 2.03. The number of hydrogen-bond acceptors (Lipinski definition) is 4. The van der Waals surface area contributed by atoms with E-state index in [-0.39, 0.29) is 0 Å². The van der Waals surface area contributed by atoms with Crippen molar-refractivity contribution < 1.29 is 9.53 Å². The van der Waals surface area contributed by atoms with Crippen molar-refractivity contribution in [2.45, 2.75) is 18.1 Å². The Labute approximate surface area is 73.8 Å². The van der Waals surface area contributed by atoms with Crippen LogP contribution in [0.5, 0.6) is 0 Å². The van der Waals surface area contributed by atoms with Crippen molar-refractivity contribution >= 4 is 27.7 Å². The Balaban J connectivity index is 2.09. The van der Waals surface area contributed by atoms with Gasteiger partial charge in [0.25, 0.3) is 0 Å². The third kappa shape index (κ3) is 3.76. The van der Waals surface area contributed by atoms with Crippen LogP contribution < -0.4 is 5.73 Å². The highest BCUT2D eigenvalue weighted by Gasteiger charge is 2.15. The summed E-state index contributed by atoms with van der Waals surface area (Å²) in [4.78, 5) is 10.2. The van der Waals surface area contributed by atoms with Gasteiger partial charge in [-0.15, -0.1) is 0 Å². The fraction of sp³-hybridized carbons (Fsp3) is 0.833. The minimum atomic E-state index is -0.666. The first kappa shape index (κ1) is 9.06. The van der Waals surface area contributed by atoms with Crippen LogP contribution in [0.15, 0.2) is 0 Å². The van der Waals surface area contributed by atoms with Crippen molar-refractivity contribution in [3.05, 3.63) is 0 Å². The Bertz CT molecular complexity index is 137. The van der Waals surface area contributed by atoms with Crippen molar-refractivity contribution in [2.24, 2.45) is 5.73 Å². The Morgan fingerprint density at radius 2 is 2.55 bits per heavy atom. The predicted molar refractivity (Wildman–Crippen MR) is 48.6 cm³/mol. The van der Waals surface area contributed by atoms with E-state index in [9.17, 15) is 4.79 Å². The molecule has 11 heavy (non-hydrogen) atoms. The van der Waals surface area contributed by atoms with Gasteiger partial charge in [0.05, 0.1) is 0 Å². The molecule has 1 rings (SSSR count). The molecule has 0 aromatic carbocycles. The lowest BCUT2D eigenvalue weighted by Crippen LogP contribution is -2.21. The summed E-state index contributed by atoms with van der Waals surface area (Å²) in [6.07, 6.45) is 1.68. The lowest BCUT2D eigenvalue weighted by molar-refractivity contribution is 0.156. The van der Waals surface area contributed by atoms with Gasteiger partial charge in [0.2, 0.25) is 0 Å². The normalized spacial score (nSPS) is 24.5.